The molecule has 3 aliphatic heterocycles. The molecule has 4 heterocycles. The van der Waals surface area contributed by atoms with Crippen LogP contribution < -0.4 is 14.8 Å². The van der Waals surface area contributed by atoms with E-state index in [-0.39, 0.29) is 37.8 Å². The van der Waals surface area contributed by atoms with Crippen molar-refractivity contribution < 1.29 is 33.2 Å². The molecule has 0 bridgehead atoms. The van der Waals surface area contributed by atoms with Gasteiger partial charge in [-0.25, -0.2) is 14.8 Å². The molecule has 0 unspecified atom stereocenters. The van der Waals surface area contributed by atoms with Gasteiger partial charge in [0, 0.05) is 11.8 Å². The van der Waals surface area contributed by atoms with Gasteiger partial charge in [0.05, 0.1) is 32.1 Å². The third-order valence-electron chi connectivity index (χ3n) is 5.29. The molecular weight excluding hydrogens is 394 g/mol. The van der Waals surface area contributed by atoms with Crippen LogP contribution in [0.25, 0.3) is 11.3 Å². The lowest BCUT2D eigenvalue weighted by Crippen LogP contribution is -2.37. The van der Waals surface area contributed by atoms with Crippen LogP contribution >= 0.6 is 0 Å². The first-order chi connectivity index (χ1) is 14.7. The summed E-state index contributed by atoms with van der Waals surface area (Å²) in [7, 11) is 1.32. The zero-order chi connectivity index (χ0) is 20.5. The molecule has 3 aliphatic rings. The molecule has 1 aromatic carbocycles. The fourth-order valence-corrected chi connectivity index (χ4v) is 3.78. The molecule has 0 aliphatic carbocycles. The number of anilines is 1. The number of carbonyl (C=O) groups is 1. The van der Waals surface area contributed by atoms with E-state index in [1.165, 1.54) is 7.11 Å². The molecular formula is C20H21N3O7. The van der Waals surface area contributed by atoms with Crippen LogP contribution in [-0.4, -0.2) is 74.0 Å². The van der Waals surface area contributed by atoms with Gasteiger partial charge in [0.2, 0.25) is 12.7 Å². The maximum Gasteiger partial charge on any atom is 0.331 e. The van der Waals surface area contributed by atoms with Gasteiger partial charge in [-0.2, -0.15) is 0 Å². The van der Waals surface area contributed by atoms with Gasteiger partial charge in [-0.15, -0.1) is 0 Å². The first-order valence-corrected chi connectivity index (χ1v) is 9.62. The number of esters is 1. The van der Waals surface area contributed by atoms with Crippen LogP contribution in [0.1, 0.15) is 0 Å². The minimum Gasteiger partial charge on any atom is -0.467 e. The maximum atomic E-state index is 11.3. The molecule has 2 aromatic rings. The highest BCUT2D eigenvalue weighted by atomic mass is 16.7. The number of nitrogens with one attached hydrogen (secondary N) is 1. The van der Waals surface area contributed by atoms with E-state index in [1.54, 1.807) is 6.20 Å². The Morgan fingerprint density at radius 2 is 2.03 bits per heavy atom. The molecule has 0 saturated carbocycles. The number of fused-ring (bicyclic) bond motifs is 2. The monoisotopic (exact) mass is 415 g/mol. The van der Waals surface area contributed by atoms with Gasteiger partial charge in [-0.1, -0.05) is 0 Å². The van der Waals surface area contributed by atoms with Crippen LogP contribution in [0.2, 0.25) is 0 Å². The summed E-state index contributed by atoms with van der Waals surface area (Å²) in [5, 5.41) is 3.30. The van der Waals surface area contributed by atoms with Crippen LogP contribution in [0.5, 0.6) is 11.5 Å². The average molecular weight is 415 g/mol. The summed E-state index contributed by atoms with van der Waals surface area (Å²) in [5.41, 5.74) is 1.66. The predicted molar refractivity (Wildman–Crippen MR) is 102 cm³/mol. The van der Waals surface area contributed by atoms with E-state index in [9.17, 15) is 4.79 Å². The Balaban J connectivity index is 1.25. The topological polar surface area (TPSA) is 110 Å². The lowest BCUT2D eigenvalue weighted by atomic mass is 10.1. The number of rotatable bonds is 6. The molecule has 158 valence electrons. The summed E-state index contributed by atoms with van der Waals surface area (Å²) in [6, 6.07) is 7.39. The molecule has 5 rings (SSSR count). The highest BCUT2D eigenvalue weighted by Crippen LogP contribution is 2.35. The molecule has 10 nitrogen and oxygen atoms in total. The van der Waals surface area contributed by atoms with Crippen LogP contribution in [0, 0.1) is 0 Å². The SMILES string of the molecule is COC(=O)CO[C@H]1CO[C@@H]2[C@@H]1OC[C@@H]2Nc1nccc(-c2ccc3c(c2)OCO3)n1. The van der Waals surface area contributed by atoms with Crippen molar-refractivity contribution in [1.29, 1.82) is 0 Å². The Morgan fingerprint density at radius 1 is 1.17 bits per heavy atom. The molecule has 30 heavy (non-hydrogen) atoms. The number of methoxy groups -OCH3 is 1. The van der Waals surface area contributed by atoms with Gasteiger partial charge < -0.3 is 33.7 Å². The van der Waals surface area contributed by atoms with Crippen molar-refractivity contribution in [1.82, 2.24) is 9.97 Å². The Bertz CT molecular complexity index is 940. The number of carbonyl (C=O) groups excluding carboxylic acids is 1. The Morgan fingerprint density at radius 3 is 2.93 bits per heavy atom. The van der Waals surface area contributed by atoms with Crippen molar-refractivity contribution in [2.75, 3.05) is 39.0 Å². The van der Waals surface area contributed by atoms with Gasteiger partial charge in [0.15, 0.2) is 11.5 Å². The molecule has 2 fully saturated rings. The minimum atomic E-state index is -0.431. The number of benzene rings is 1. The molecule has 2 saturated heterocycles. The van der Waals surface area contributed by atoms with Crippen LogP contribution in [0.15, 0.2) is 30.5 Å². The van der Waals surface area contributed by atoms with Gasteiger partial charge in [0.1, 0.15) is 24.9 Å². The van der Waals surface area contributed by atoms with Gasteiger partial charge in [-0.3, -0.25) is 0 Å². The van der Waals surface area contributed by atoms with E-state index in [4.69, 9.17) is 23.7 Å². The van der Waals surface area contributed by atoms with Crippen molar-refractivity contribution in [3.05, 3.63) is 30.5 Å². The number of aromatic nitrogens is 2. The van der Waals surface area contributed by atoms with E-state index in [0.717, 1.165) is 17.0 Å². The molecule has 10 heteroatoms. The number of hydrogen-bond acceptors (Lipinski definition) is 10. The second kappa shape index (κ2) is 8.05. The Hall–Kier alpha value is -2.95. The standard InChI is InChI=1S/C20H21N3O7/c1-25-17(24)9-26-16-8-28-18-13(7-27-19(16)18)23-20-21-5-4-12(22-20)11-2-3-14-15(6-11)30-10-29-14/h2-6,13,16,18-19H,7-10H2,1H3,(H,21,22,23)/t13-,16-,18-,19+/m0/s1. The first kappa shape index (κ1) is 19.0. The fraction of sp³-hybridized carbons (Fsp3) is 0.450. The molecule has 1 N–H and O–H groups in total. The predicted octanol–water partition coefficient (Wildman–Crippen LogP) is 1.01. The lowest BCUT2D eigenvalue weighted by molar-refractivity contribution is -0.149. The number of hydrogen-bond donors (Lipinski definition) is 1. The van der Waals surface area contributed by atoms with Crippen molar-refractivity contribution in [2.24, 2.45) is 0 Å². The van der Waals surface area contributed by atoms with E-state index in [1.807, 2.05) is 24.3 Å². The van der Waals surface area contributed by atoms with E-state index >= 15 is 0 Å². The summed E-state index contributed by atoms with van der Waals surface area (Å²) >= 11 is 0. The van der Waals surface area contributed by atoms with E-state index in [2.05, 4.69) is 20.0 Å². The smallest absolute Gasteiger partial charge is 0.331 e. The zero-order valence-electron chi connectivity index (χ0n) is 16.3. The average Bonchev–Trinajstić information content (AvgIpc) is 3.49. The van der Waals surface area contributed by atoms with Crippen LogP contribution in [0.3, 0.4) is 0 Å². The third-order valence-corrected chi connectivity index (χ3v) is 5.29. The largest absolute Gasteiger partial charge is 0.467 e. The molecule has 4 atom stereocenters. The van der Waals surface area contributed by atoms with Gasteiger partial charge in [-0.05, 0) is 24.3 Å². The van der Waals surface area contributed by atoms with Crippen LogP contribution in [-0.2, 0) is 23.7 Å². The van der Waals surface area contributed by atoms with E-state index in [0.29, 0.717) is 24.9 Å². The molecule has 0 spiro atoms. The highest BCUT2D eigenvalue weighted by molar-refractivity contribution is 5.70. The summed E-state index contributed by atoms with van der Waals surface area (Å²) in [6.07, 6.45) is 0.900. The quantitative estimate of drug-likeness (QED) is 0.686. The minimum absolute atomic E-state index is 0.129. The first-order valence-electron chi connectivity index (χ1n) is 9.62. The third kappa shape index (κ3) is 3.64. The summed E-state index contributed by atoms with van der Waals surface area (Å²) in [4.78, 5) is 20.2. The molecule has 1 aromatic heterocycles. The molecule has 0 radical (unpaired) electrons. The van der Waals surface area contributed by atoms with Crippen LogP contribution in [0.4, 0.5) is 5.95 Å². The Labute approximate surface area is 172 Å². The second-order valence-corrected chi connectivity index (χ2v) is 7.11. The summed E-state index contributed by atoms with van der Waals surface area (Å²) < 4.78 is 32.7. The summed E-state index contributed by atoms with van der Waals surface area (Å²) in [5.74, 6) is 1.47. The van der Waals surface area contributed by atoms with Crippen molar-refractivity contribution in [3.8, 4) is 22.8 Å². The fourth-order valence-electron chi connectivity index (χ4n) is 3.78. The van der Waals surface area contributed by atoms with E-state index < -0.39 is 5.97 Å². The Kier molecular flexibility index (Phi) is 5.11. The highest BCUT2D eigenvalue weighted by Gasteiger charge is 2.48. The van der Waals surface area contributed by atoms with Crippen molar-refractivity contribution >= 4 is 11.9 Å². The van der Waals surface area contributed by atoms with Gasteiger partial charge >= 0.3 is 5.97 Å². The lowest BCUT2D eigenvalue weighted by Gasteiger charge is -2.18. The normalized spacial score (nSPS) is 26.4. The number of nitrogens with zero attached hydrogens (tertiary/aromatic N) is 2. The van der Waals surface area contributed by atoms with Crippen molar-refractivity contribution in [3.63, 3.8) is 0 Å². The molecule has 0 amide bonds. The summed E-state index contributed by atoms with van der Waals surface area (Å²) in [6.45, 7) is 0.869. The maximum absolute atomic E-state index is 11.3. The second-order valence-electron chi connectivity index (χ2n) is 7.11. The van der Waals surface area contributed by atoms with Gasteiger partial charge in [0.25, 0.3) is 0 Å². The number of ether oxygens (including phenoxy) is 6. The zero-order valence-corrected chi connectivity index (χ0v) is 16.3. The van der Waals surface area contributed by atoms with Crippen molar-refractivity contribution in [2.45, 2.75) is 24.4 Å².